The Morgan fingerprint density at radius 1 is 1.44 bits per heavy atom. The average Bonchev–Trinajstić information content (AvgIpc) is 2.74. The molecule has 1 atom stereocenters. The smallest absolute Gasteiger partial charge is 0.101 e. The van der Waals surface area contributed by atoms with E-state index in [0.717, 1.165) is 0 Å². The van der Waals surface area contributed by atoms with Gasteiger partial charge in [0, 0.05) is 25.5 Å². The van der Waals surface area contributed by atoms with E-state index in [-0.39, 0.29) is 0 Å². The lowest BCUT2D eigenvalue weighted by Crippen LogP contribution is -2.51. The number of nitrogens with zero attached hydrogens (tertiary/aromatic N) is 2. The van der Waals surface area contributed by atoms with Gasteiger partial charge in [0.05, 0.1) is 5.56 Å². The molecule has 0 aromatic carbocycles. The number of hydrogen-bond acceptors (Lipinski definition) is 3. The average molecular weight is 213 g/mol. The van der Waals surface area contributed by atoms with Crippen LogP contribution in [0.3, 0.4) is 0 Å². The predicted octanol–water partition coefficient (Wildman–Crippen LogP) is 1.81. The van der Waals surface area contributed by atoms with Gasteiger partial charge in [-0.25, -0.2) is 0 Å². The van der Waals surface area contributed by atoms with Crippen LogP contribution in [0.15, 0.2) is 18.5 Å². The molecule has 2 heterocycles. The molecular weight excluding hydrogens is 198 g/mol. The summed E-state index contributed by atoms with van der Waals surface area (Å²) in [6.45, 7) is 2.35. The first-order valence-corrected chi connectivity index (χ1v) is 5.87. The Kier molecular flexibility index (Phi) is 2.19. The second-order valence-electron chi connectivity index (χ2n) is 5.16. The molecule has 2 fully saturated rings. The van der Waals surface area contributed by atoms with Gasteiger partial charge in [-0.2, -0.15) is 5.26 Å². The van der Waals surface area contributed by atoms with Crippen molar-refractivity contribution in [3.05, 3.63) is 29.6 Å². The van der Waals surface area contributed by atoms with Crippen LogP contribution in [0.5, 0.6) is 0 Å². The second kappa shape index (κ2) is 3.57. The van der Waals surface area contributed by atoms with E-state index in [1.54, 1.807) is 6.20 Å². The van der Waals surface area contributed by atoms with Gasteiger partial charge in [-0.3, -0.25) is 4.98 Å². The molecule has 1 aliphatic carbocycles. The highest BCUT2D eigenvalue weighted by atomic mass is 15.0. The maximum Gasteiger partial charge on any atom is 0.101 e. The van der Waals surface area contributed by atoms with Gasteiger partial charge in [0.15, 0.2) is 0 Å². The van der Waals surface area contributed by atoms with E-state index in [1.165, 1.54) is 37.9 Å². The fourth-order valence-corrected chi connectivity index (χ4v) is 3.03. The second-order valence-corrected chi connectivity index (χ2v) is 5.16. The van der Waals surface area contributed by atoms with E-state index in [4.69, 9.17) is 5.26 Å². The van der Waals surface area contributed by atoms with Crippen molar-refractivity contribution in [3.8, 4) is 6.07 Å². The van der Waals surface area contributed by atoms with Crippen LogP contribution >= 0.6 is 0 Å². The van der Waals surface area contributed by atoms with Gasteiger partial charge < -0.3 is 5.32 Å². The van der Waals surface area contributed by atoms with Gasteiger partial charge in [0.25, 0.3) is 0 Å². The summed E-state index contributed by atoms with van der Waals surface area (Å²) in [6.07, 6.45) is 7.39. The Morgan fingerprint density at radius 3 is 2.94 bits per heavy atom. The summed E-state index contributed by atoms with van der Waals surface area (Å²) in [5.74, 6) is 0.614. The number of hydrogen-bond donors (Lipinski definition) is 1. The number of aromatic nitrogens is 1. The third kappa shape index (κ3) is 1.50. The molecule has 1 aliphatic heterocycles. The van der Waals surface area contributed by atoms with Gasteiger partial charge in [0.1, 0.15) is 6.07 Å². The SMILES string of the molecule is N#Cc1cncc(C2CCC3(CNC3)C2)c1. The normalized spacial score (nSPS) is 26.3. The molecule has 1 saturated carbocycles. The molecule has 1 saturated heterocycles. The number of rotatable bonds is 1. The van der Waals surface area contributed by atoms with Crippen LogP contribution in [-0.4, -0.2) is 18.1 Å². The first-order valence-electron chi connectivity index (χ1n) is 5.87. The summed E-state index contributed by atoms with van der Waals surface area (Å²) in [5.41, 5.74) is 2.50. The van der Waals surface area contributed by atoms with Crippen LogP contribution < -0.4 is 5.32 Å². The summed E-state index contributed by atoms with van der Waals surface area (Å²) in [7, 11) is 0. The molecule has 2 aliphatic rings. The quantitative estimate of drug-likeness (QED) is 0.774. The molecule has 0 radical (unpaired) electrons. The molecule has 3 heteroatoms. The highest BCUT2D eigenvalue weighted by molar-refractivity contribution is 5.31. The Labute approximate surface area is 95.5 Å². The van der Waals surface area contributed by atoms with Crippen LogP contribution in [0.25, 0.3) is 0 Å². The fourth-order valence-electron chi connectivity index (χ4n) is 3.03. The van der Waals surface area contributed by atoms with E-state index in [0.29, 0.717) is 16.9 Å². The number of nitriles is 1. The van der Waals surface area contributed by atoms with Crippen molar-refractivity contribution in [1.29, 1.82) is 5.26 Å². The lowest BCUT2D eigenvalue weighted by molar-refractivity contribution is 0.175. The molecule has 16 heavy (non-hydrogen) atoms. The molecular formula is C13H15N3. The minimum atomic E-state index is 0.563. The minimum absolute atomic E-state index is 0.563. The van der Waals surface area contributed by atoms with Crippen molar-refractivity contribution in [2.75, 3.05) is 13.1 Å². The highest BCUT2D eigenvalue weighted by Gasteiger charge is 2.43. The van der Waals surface area contributed by atoms with Gasteiger partial charge in [0.2, 0.25) is 0 Å². The Balaban J connectivity index is 1.80. The van der Waals surface area contributed by atoms with E-state index in [9.17, 15) is 0 Å². The van der Waals surface area contributed by atoms with Crippen molar-refractivity contribution >= 4 is 0 Å². The van der Waals surface area contributed by atoms with Crippen LogP contribution in [-0.2, 0) is 0 Å². The summed E-state index contributed by atoms with van der Waals surface area (Å²) in [5, 5.41) is 12.2. The van der Waals surface area contributed by atoms with Crippen molar-refractivity contribution in [1.82, 2.24) is 10.3 Å². The summed E-state index contributed by atoms with van der Waals surface area (Å²) in [4.78, 5) is 4.15. The predicted molar refractivity (Wildman–Crippen MR) is 60.8 cm³/mol. The molecule has 3 nitrogen and oxygen atoms in total. The third-order valence-corrected chi connectivity index (χ3v) is 4.06. The highest BCUT2D eigenvalue weighted by Crippen LogP contribution is 2.48. The van der Waals surface area contributed by atoms with E-state index >= 15 is 0 Å². The molecule has 82 valence electrons. The van der Waals surface area contributed by atoms with E-state index in [1.807, 2.05) is 12.3 Å². The molecule has 1 aromatic heterocycles. The van der Waals surface area contributed by atoms with Gasteiger partial charge in [-0.1, -0.05) is 0 Å². The number of nitrogens with one attached hydrogen (secondary N) is 1. The van der Waals surface area contributed by atoms with Crippen molar-refractivity contribution in [2.24, 2.45) is 5.41 Å². The zero-order valence-corrected chi connectivity index (χ0v) is 9.24. The standard InChI is InChI=1S/C13H15N3/c14-5-10-3-12(7-15-6-10)11-1-2-13(4-11)8-16-9-13/h3,6-7,11,16H,1-2,4,8-9H2. The Morgan fingerprint density at radius 2 is 2.31 bits per heavy atom. The molecule has 0 amide bonds. The zero-order valence-electron chi connectivity index (χ0n) is 9.24. The van der Waals surface area contributed by atoms with Crippen molar-refractivity contribution in [2.45, 2.75) is 25.2 Å². The largest absolute Gasteiger partial charge is 0.316 e. The first-order chi connectivity index (χ1) is 7.81. The fraction of sp³-hybridized carbons (Fsp3) is 0.538. The van der Waals surface area contributed by atoms with E-state index in [2.05, 4.69) is 16.4 Å². The minimum Gasteiger partial charge on any atom is -0.316 e. The third-order valence-electron chi connectivity index (χ3n) is 4.06. The molecule has 1 aromatic rings. The van der Waals surface area contributed by atoms with Gasteiger partial charge in [-0.15, -0.1) is 0 Å². The number of pyridine rings is 1. The monoisotopic (exact) mass is 213 g/mol. The lowest BCUT2D eigenvalue weighted by Gasteiger charge is -2.39. The first kappa shape index (κ1) is 9.80. The van der Waals surface area contributed by atoms with Crippen LogP contribution in [0.1, 0.15) is 36.3 Å². The summed E-state index contributed by atoms with van der Waals surface area (Å²) in [6, 6.07) is 4.17. The van der Waals surface area contributed by atoms with Gasteiger partial charge in [-0.05, 0) is 42.2 Å². The van der Waals surface area contributed by atoms with Crippen molar-refractivity contribution < 1.29 is 0 Å². The van der Waals surface area contributed by atoms with E-state index < -0.39 is 0 Å². The summed E-state index contributed by atoms with van der Waals surface area (Å²) < 4.78 is 0. The Hall–Kier alpha value is -1.40. The lowest BCUT2D eigenvalue weighted by atomic mass is 9.79. The molecule has 0 bridgehead atoms. The molecule has 1 N–H and O–H groups in total. The Bertz CT molecular complexity index is 443. The van der Waals surface area contributed by atoms with Crippen LogP contribution in [0, 0.1) is 16.7 Å². The van der Waals surface area contributed by atoms with Crippen LogP contribution in [0.2, 0.25) is 0 Å². The van der Waals surface area contributed by atoms with Gasteiger partial charge >= 0.3 is 0 Å². The molecule has 3 rings (SSSR count). The van der Waals surface area contributed by atoms with Crippen molar-refractivity contribution in [3.63, 3.8) is 0 Å². The zero-order chi connectivity index (χ0) is 11.0. The topological polar surface area (TPSA) is 48.7 Å². The maximum absolute atomic E-state index is 8.86. The molecule has 1 spiro atoms. The summed E-state index contributed by atoms with van der Waals surface area (Å²) >= 11 is 0. The van der Waals surface area contributed by atoms with Crippen LogP contribution in [0.4, 0.5) is 0 Å². The molecule has 1 unspecified atom stereocenters. The maximum atomic E-state index is 8.86.